The fourth-order valence-electron chi connectivity index (χ4n) is 0.543. The summed E-state index contributed by atoms with van der Waals surface area (Å²) < 4.78 is 0. The first-order chi connectivity index (χ1) is 2.89. The van der Waals surface area contributed by atoms with E-state index in [1.807, 2.05) is 0 Å². The Bertz CT molecular complexity index is 84.3. The summed E-state index contributed by atoms with van der Waals surface area (Å²) in [6, 6.07) is 0. The van der Waals surface area contributed by atoms with E-state index < -0.39 is 0 Å². The predicted octanol–water partition coefficient (Wildman–Crippen LogP) is 0.264. The van der Waals surface area contributed by atoms with Crippen molar-refractivity contribution in [1.82, 2.24) is 0 Å². The molecule has 0 unspecified atom stereocenters. The smallest absolute Gasteiger partial charge is 0.0163 e. The third kappa shape index (κ3) is 2.27. The summed E-state index contributed by atoms with van der Waals surface area (Å²) in [6.07, 6.45) is 8.67. The van der Waals surface area contributed by atoms with Crippen LogP contribution in [0.3, 0.4) is 0 Å². The molecule has 0 amide bonds. The van der Waals surface area contributed by atoms with E-state index in [9.17, 15) is 0 Å². The number of hydrogen-bond acceptors (Lipinski definition) is 0. The largest absolute Gasteiger partial charge is 0.0814 e. The molecule has 1 rings (SSSR count). The van der Waals surface area contributed by atoms with Crippen LogP contribution in [0.4, 0.5) is 0 Å². The molecule has 0 spiro atoms. The fourth-order valence-corrected chi connectivity index (χ4v) is 0.987. The quantitative estimate of drug-likeness (QED) is 0.428. The summed E-state index contributed by atoms with van der Waals surface area (Å²) in [5.74, 6) is 0. The van der Waals surface area contributed by atoms with Gasteiger partial charge in [0.05, 0.1) is 0 Å². The Morgan fingerprint density at radius 3 is 1.71 bits per heavy atom. The second-order valence-electron chi connectivity index (χ2n) is 1.63. The molecule has 1 aliphatic carbocycles. The second-order valence-corrected chi connectivity index (χ2v) is 2.96. The molecule has 7 heavy (non-hydrogen) atoms. The normalized spacial score (nSPS) is 17.7. The van der Waals surface area contributed by atoms with E-state index in [1.165, 1.54) is 10.2 Å². The van der Waals surface area contributed by atoms with Gasteiger partial charge >= 0.3 is 0 Å². The molecule has 36 valence electrons. The van der Waals surface area contributed by atoms with Gasteiger partial charge in [0, 0.05) is 32.0 Å². The molecular formula is C5H8SiTi. The van der Waals surface area contributed by atoms with Crippen molar-refractivity contribution in [3.8, 4) is 0 Å². The molecule has 0 fully saturated rings. The summed E-state index contributed by atoms with van der Waals surface area (Å²) >= 11 is 0. The molecular weight excluding hydrogens is 136 g/mol. The van der Waals surface area contributed by atoms with Gasteiger partial charge in [0.1, 0.15) is 0 Å². The summed E-state index contributed by atoms with van der Waals surface area (Å²) in [5, 5.41) is 0. The van der Waals surface area contributed by atoms with Crippen LogP contribution in [0, 0.1) is 0 Å². The minimum absolute atomic E-state index is 0. The van der Waals surface area contributed by atoms with Gasteiger partial charge in [0.15, 0.2) is 0 Å². The second kappa shape index (κ2) is 3.42. The van der Waals surface area contributed by atoms with Crippen molar-refractivity contribution in [2.24, 2.45) is 0 Å². The van der Waals surface area contributed by atoms with Crippen LogP contribution in [-0.2, 0) is 21.7 Å². The van der Waals surface area contributed by atoms with Gasteiger partial charge in [0.25, 0.3) is 0 Å². The molecule has 0 aromatic carbocycles. The average Bonchev–Trinajstić information content (AvgIpc) is 1.86. The molecule has 1 aliphatic rings. The molecule has 0 aliphatic heterocycles. The zero-order valence-electron chi connectivity index (χ0n) is 4.39. The topological polar surface area (TPSA) is 0 Å². The van der Waals surface area contributed by atoms with Crippen molar-refractivity contribution in [3.05, 3.63) is 24.3 Å². The monoisotopic (exact) mass is 144 g/mol. The van der Waals surface area contributed by atoms with Crippen LogP contribution in [0.2, 0.25) is 5.54 Å². The van der Waals surface area contributed by atoms with E-state index in [0.717, 1.165) is 5.54 Å². The summed E-state index contributed by atoms with van der Waals surface area (Å²) in [5.41, 5.74) is 0.824. The van der Waals surface area contributed by atoms with E-state index in [0.29, 0.717) is 0 Å². The van der Waals surface area contributed by atoms with Gasteiger partial charge in [0.2, 0.25) is 0 Å². The zero-order chi connectivity index (χ0) is 4.41. The SMILES string of the molecule is [SiH3]C1C=CC=C1.[Ti]. The van der Waals surface area contributed by atoms with E-state index in [1.54, 1.807) is 0 Å². The maximum atomic E-state index is 2.23. The van der Waals surface area contributed by atoms with Crippen LogP contribution < -0.4 is 0 Å². The van der Waals surface area contributed by atoms with Gasteiger partial charge in [-0.05, 0) is 5.54 Å². The van der Waals surface area contributed by atoms with Gasteiger partial charge in [-0.25, -0.2) is 0 Å². The molecule has 0 aromatic heterocycles. The molecule has 0 radical (unpaired) electrons. The maximum absolute atomic E-state index is 2.23. The van der Waals surface area contributed by atoms with Gasteiger partial charge in [-0.15, -0.1) is 0 Å². The van der Waals surface area contributed by atoms with Crippen LogP contribution in [0.25, 0.3) is 0 Å². The Labute approximate surface area is 62.0 Å². The van der Waals surface area contributed by atoms with Gasteiger partial charge in [-0.3, -0.25) is 0 Å². The Morgan fingerprint density at radius 1 is 1.14 bits per heavy atom. The zero-order valence-corrected chi connectivity index (χ0v) is 7.95. The van der Waals surface area contributed by atoms with Gasteiger partial charge < -0.3 is 0 Å². The van der Waals surface area contributed by atoms with Crippen LogP contribution in [0.15, 0.2) is 24.3 Å². The minimum atomic E-state index is 0. The number of hydrogen-bond donors (Lipinski definition) is 0. The van der Waals surface area contributed by atoms with Crippen molar-refractivity contribution in [1.29, 1.82) is 0 Å². The van der Waals surface area contributed by atoms with Gasteiger partial charge in [-0.1, -0.05) is 24.3 Å². The standard InChI is InChI=1S/C5H8Si.Ti/c6-5-3-1-2-4-5;/h1-5H,6H3;. The van der Waals surface area contributed by atoms with Crippen LogP contribution in [0.1, 0.15) is 0 Å². The first kappa shape index (κ1) is 7.41. The Hall–Kier alpha value is 0.411. The molecule has 0 N–H and O–H groups in total. The van der Waals surface area contributed by atoms with Gasteiger partial charge in [-0.2, -0.15) is 0 Å². The van der Waals surface area contributed by atoms with Crippen LogP contribution >= 0.6 is 0 Å². The van der Waals surface area contributed by atoms with Crippen molar-refractivity contribution in [2.45, 2.75) is 5.54 Å². The Morgan fingerprint density at radius 2 is 1.57 bits per heavy atom. The maximum Gasteiger partial charge on any atom is 0.0163 e. The summed E-state index contributed by atoms with van der Waals surface area (Å²) in [4.78, 5) is 0. The van der Waals surface area contributed by atoms with Crippen molar-refractivity contribution >= 4 is 10.2 Å². The molecule has 0 bridgehead atoms. The van der Waals surface area contributed by atoms with E-state index in [4.69, 9.17) is 0 Å². The van der Waals surface area contributed by atoms with E-state index in [-0.39, 0.29) is 21.7 Å². The summed E-state index contributed by atoms with van der Waals surface area (Å²) in [7, 11) is 1.28. The molecule has 0 nitrogen and oxygen atoms in total. The predicted molar refractivity (Wildman–Crippen MR) is 32.0 cm³/mol. The minimum Gasteiger partial charge on any atom is -0.0814 e. The third-order valence-electron chi connectivity index (χ3n) is 0.940. The molecule has 0 atom stereocenters. The third-order valence-corrected chi connectivity index (χ3v) is 1.71. The summed E-state index contributed by atoms with van der Waals surface area (Å²) in [6.45, 7) is 0. The number of rotatable bonds is 0. The molecule has 0 saturated carbocycles. The van der Waals surface area contributed by atoms with Crippen molar-refractivity contribution < 1.29 is 21.7 Å². The molecule has 0 aromatic rings. The van der Waals surface area contributed by atoms with E-state index >= 15 is 0 Å². The van der Waals surface area contributed by atoms with Crippen LogP contribution in [-0.4, -0.2) is 10.2 Å². The molecule has 0 saturated heterocycles. The Kier molecular flexibility index (Phi) is 3.62. The number of allylic oxidation sites excluding steroid dienone is 4. The first-order valence-electron chi connectivity index (χ1n) is 2.24. The van der Waals surface area contributed by atoms with Crippen molar-refractivity contribution in [2.75, 3.05) is 0 Å². The van der Waals surface area contributed by atoms with E-state index in [2.05, 4.69) is 24.3 Å². The van der Waals surface area contributed by atoms with Crippen LogP contribution in [0.5, 0.6) is 0 Å². The molecule has 0 heterocycles. The van der Waals surface area contributed by atoms with Crippen molar-refractivity contribution in [3.63, 3.8) is 0 Å². The Balaban J connectivity index is 0.000000360. The average molecular weight is 144 g/mol. The first-order valence-corrected chi connectivity index (χ1v) is 3.40. The fraction of sp³-hybridized carbons (Fsp3) is 0.200. The molecule has 2 heteroatoms.